The molecule has 5 heteroatoms. The van der Waals surface area contributed by atoms with Crippen LogP contribution in [0.25, 0.3) is 0 Å². The smallest absolute Gasteiger partial charge is 0.245 e. The quantitative estimate of drug-likeness (QED) is 0.618. The first-order valence-corrected chi connectivity index (χ1v) is 6.69. The number of hydrogen-bond donors (Lipinski definition) is 1. The van der Waals surface area contributed by atoms with Crippen LogP contribution >= 0.6 is 11.6 Å². The lowest BCUT2D eigenvalue weighted by Crippen LogP contribution is -2.21. The number of carbonyl (C=O) groups excluding carboxylic acids is 1. The van der Waals surface area contributed by atoms with E-state index in [-0.39, 0.29) is 5.91 Å². The molecule has 1 aromatic heterocycles. The summed E-state index contributed by atoms with van der Waals surface area (Å²) in [5, 5.41) is 3.19. The van der Waals surface area contributed by atoms with E-state index in [4.69, 9.17) is 16.3 Å². The molecule has 1 amide bonds. The van der Waals surface area contributed by atoms with Gasteiger partial charge in [0.2, 0.25) is 11.8 Å². The number of halogens is 1. The number of rotatable bonds is 7. The number of allylic oxidation sites excluding steroid dienone is 1. The third kappa shape index (κ3) is 6.25. The van der Waals surface area contributed by atoms with E-state index in [0.717, 1.165) is 18.4 Å². The van der Waals surface area contributed by atoms with Crippen LogP contribution in [0.4, 0.5) is 0 Å². The first kappa shape index (κ1) is 15.5. The summed E-state index contributed by atoms with van der Waals surface area (Å²) in [5.74, 6) is 0.346. The van der Waals surface area contributed by atoms with Crippen molar-refractivity contribution in [1.82, 2.24) is 10.3 Å². The van der Waals surface area contributed by atoms with Gasteiger partial charge in [0.25, 0.3) is 0 Å². The van der Waals surface area contributed by atoms with Crippen LogP contribution in [-0.4, -0.2) is 17.5 Å². The molecule has 1 rings (SSSR count). The number of unbranched alkanes of at least 4 members (excludes halogenated alkanes) is 1. The topological polar surface area (TPSA) is 51.2 Å². The van der Waals surface area contributed by atoms with Crippen molar-refractivity contribution in [3.05, 3.63) is 35.0 Å². The Morgan fingerprint density at radius 1 is 1.58 bits per heavy atom. The highest BCUT2D eigenvalue weighted by molar-refractivity contribution is 6.30. The molecule has 0 fully saturated rings. The molecule has 1 aromatic rings. The van der Waals surface area contributed by atoms with Crippen molar-refractivity contribution >= 4 is 17.5 Å². The van der Waals surface area contributed by atoms with Gasteiger partial charge in [-0.15, -0.1) is 0 Å². The molecule has 0 spiro atoms. The molecule has 0 bridgehead atoms. The standard InChI is InChI=1S/C14H19ClN2O2/c1-3-4-8-19-14-12(6-5-7-16-14)10-17-13(18)9-11(2)15/h5-7,9H,3-4,8,10H2,1-2H3,(H,17,18)/b11-9-. The van der Waals surface area contributed by atoms with Gasteiger partial charge in [0.05, 0.1) is 6.61 Å². The van der Waals surface area contributed by atoms with Crippen LogP contribution < -0.4 is 10.1 Å². The maximum absolute atomic E-state index is 11.5. The average Bonchev–Trinajstić information content (AvgIpc) is 2.37. The van der Waals surface area contributed by atoms with E-state index in [1.54, 1.807) is 13.1 Å². The Bertz CT molecular complexity index is 443. The molecule has 0 saturated carbocycles. The summed E-state index contributed by atoms with van der Waals surface area (Å²) in [6.07, 6.45) is 5.07. The lowest BCUT2D eigenvalue weighted by Gasteiger charge is -2.10. The zero-order valence-electron chi connectivity index (χ0n) is 11.3. The lowest BCUT2D eigenvalue weighted by atomic mass is 10.2. The van der Waals surface area contributed by atoms with E-state index in [9.17, 15) is 4.79 Å². The van der Waals surface area contributed by atoms with Gasteiger partial charge in [-0.1, -0.05) is 31.0 Å². The molecule has 0 unspecified atom stereocenters. The molecule has 0 saturated heterocycles. The van der Waals surface area contributed by atoms with Crippen LogP contribution in [0.15, 0.2) is 29.4 Å². The highest BCUT2D eigenvalue weighted by atomic mass is 35.5. The first-order valence-electron chi connectivity index (χ1n) is 6.31. The molecule has 0 aromatic carbocycles. The van der Waals surface area contributed by atoms with Crippen molar-refractivity contribution in [2.75, 3.05) is 6.61 Å². The van der Waals surface area contributed by atoms with E-state index in [2.05, 4.69) is 17.2 Å². The molecular weight excluding hydrogens is 264 g/mol. The van der Waals surface area contributed by atoms with E-state index in [0.29, 0.717) is 24.1 Å². The van der Waals surface area contributed by atoms with Gasteiger partial charge < -0.3 is 10.1 Å². The normalized spacial score (nSPS) is 11.2. The van der Waals surface area contributed by atoms with Gasteiger partial charge in [0.15, 0.2) is 0 Å². The molecule has 4 nitrogen and oxygen atoms in total. The van der Waals surface area contributed by atoms with Crippen molar-refractivity contribution in [3.63, 3.8) is 0 Å². The van der Waals surface area contributed by atoms with Gasteiger partial charge >= 0.3 is 0 Å². The number of carbonyl (C=O) groups is 1. The molecule has 0 atom stereocenters. The van der Waals surface area contributed by atoms with Gasteiger partial charge in [-0.05, 0) is 19.4 Å². The third-order valence-corrected chi connectivity index (χ3v) is 2.48. The Balaban J connectivity index is 2.57. The third-order valence-electron chi connectivity index (χ3n) is 2.37. The van der Waals surface area contributed by atoms with Crippen LogP contribution in [0.2, 0.25) is 0 Å². The molecule has 19 heavy (non-hydrogen) atoms. The lowest BCUT2D eigenvalue weighted by molar-refractivity contribution is -0.116. The van der Waals surface area contributed by atoms with Crippen LogP contribution in [0.3, 0.4) is 0 Å². The number of nitrogens with zero attached hydrogens (tertiary/aromatic N) is 1. The maximum Gasteiger partial charge on any atom is 0.245 e. The minimum Gasteiger partial charge on any atom is -0.477 e. The number of aromatic nitrogens is 1. The van der Waals surface area contributed by atoms with Crippen LogP contribution in [0.1, 0.15) is 32.3 Å². The predicted molar refractivity (Wildman–Crippen MR) is 76.1 cm³/mol. The molecule has 1 heterocycles. The number of amides is 1. The van der Waals surface area contributed by atoms with E-state index in [1.807, 2.05) is 12.1 Å². The number of pyridine rings is 1. The molecule has 1 N–H and O–H groups in total. The predicted octanol–water partition coefficient (Wildman–Crippen LogP) is 3.02. The molecule has 0 aliphatic rings. The molecule has 0 aliphatic heterocycles. The first-order chi connectivity index (χ1) is 9.13. The second-order valence-corrected chi connectivity index (χ2v) is 4.71. The molecule has 0 aliphatic carbocycles. The molecular formula is C14H19ClN2O2. The average molecular weight is 283 g/mol. The van der Waals surface area contributed by atoms with Crippen molar-refractivity contribution in [1.29, 1.82) is 0 Å². The number of nitrogens with one attached hydrogen (secondary N) is 1. The Labute approximate surface area is 118 Å². The SMILES string of the molecule is CCCCOc1ncccc1CNC(=O)/C=C(/C)Cl. The van der Waals surface area contributed by atoms with Crippen LogP contribution in [0, 0.1) is 0 Å². The second-order valence-electron chi connectivity index (χ2n) is 4.12. The Morgan fingerprint density at radius 2 is 2.37 bits per heavy atom. The van der Waals surface area contributed by atoms with Crippen molar-refractivity contribution in [2.45, 2.75) is 33.2 Å². The Hall–Kier alpha value is -1.55. The maximum atomic E-state index is 11.5. The summed E-state index contributed by atoms with van der Waals surface area (Å²) < 4.78 is 5.59. The van der Waals surface area contributed by atoms with Gasteiger partial charge in [-0.3, -0.25) is 4.79 Å². The van der Waals surface area contributed by atoms with Crippen molar-refractivity contribution < 1.29 is 9.53 Å². The minimum absolute atomic E-state index is 0.226. The Kier molecular flexibility index (Phi) is 6.97. The zero-order valence-corrected chi connectivity index (χ0v) is 12.0. The highest BCUT2D eigenvalue weighted by Crippen LogP contribution is 2.14. The van der Waals surface area contributed by atoms with Crippen LogP contribution in [0.5, 0.6) is 5.88 Å². The summed E-state index contributed by atoms with van der Waals surface area (Å²) in [6.45, 7) is 4.76. The monoisotopic (exact) mass is 282 g/mol. The van der Waals surface area contributed by atoms with Crippen molar-refractivity contribution in [3.8, 4) is 5.88 Å². The van der Waals surface area contributed by atoms with Gasteiger partial charge in [0.1, 0.15) is 0 Å². The minimum atomic E-state index is -0.226. The number of ether oxygens (including phenoxy) is 1. The van der Waals surface area contributed by atoms with E-state index < -0.39 is 0 Å². The summed E-state index contributed by atoms with van der Waals surface area (Å²) in [6, 6.07) is 3.70. The fourth-order valence-electron chi connectivity index (χ4n) is 1.42. The van der Waals surface area contributed by atoms with Crippen molar-refractivity contribution in [2.24, 2.45) is 0 Å². The molecule has 0 radical (unpaired) electrons. The Morgan fingerprint density at radius 3 is 3.05 bits per heavy atom. The van der Waals surface area contributed by atoms with Gasteiger partial charge in [-0.25, -0.2) is 4.98 Å². The summed E-state index contributed by atoms with van der Waals surface area (Å²) >= 11 is 5.63. The summed E-state index contributed by atoms with van der Waals surface area (Å²) in [4.78, 5) is 15.6. The highest BCUT2D eigenvalue weighted by Gasteiger charge is 2.05. The summed E-state index contributed by atoms with van der Waals surface area (Å²) in [5.41, 5.74) is 0.854. The number of hydrogen-bond acceptors (Lipinski definition) is 3. The van der Waals surface area contributed by atoms with E-state index >= 15 is 0 Å². The fourth-order valence-corrected chi connectivity index (χ4v) is 1.51. The largest absolute Gasteiger partial charge is 0.477 e. The van der Waals surface area contributed by atoms with Crippen LogP contribution in [-0.2, 0) is 11.3 Å². The van der Waals surface area contributed by atoms with E-state index in [1.165, 1.54) is 6.08 Å². The zero-order chi connectivity index (χ0) is 14.1. The summed E-state index contributed by atoms with van der Waals surface area (Å²) in [7, 11) is 0. The second kappa shape index (κ2) is 8.53. The fraction of sp³-hybridized carbons (Fsp3) is 0.429. The molecule has 104 valence electrons. The van der Waals surface area contributed by atoms with Gasteiger partial charge in [0, 0.05) is 29.4 Å². The van der Waals surface area contributed by atoms with Gasteiger partial charge in [-0.2, -0.15) is 0 Å².